The largest absolute Gasteiger partial charge is 0.493 e. The van der Waals surface area contributed by atoms with Crippen LogP contribution < -0.4 is 14.8 Å². The summed E-state index contributed by atoms with van der Waals surface area (Å²) in [7, 11) is 5.26. The van der Waals surface area contributed by atoms with Crippen molar-refractivity contribution in [3.05, 3.63) is 23.3 Å². The third kappa shape index (κ3) is 6.86. The number of aliphatic imine (C=N–C) groups is 1. The van der Waals surface area contributed by atoms with Crippen LogP contribution in [-0.4, -0.2) is 94.3 Å². The van der Waals surface area contributed by atoms with Crippen molar-refractivity contribution in [1.82, 2.24) is 20.0 Å². The van der Waals surface area contributed by atoms with Gasteiger partial charge in [-0.05, 0) is 42.1 Å². The van der Waals surface area contributed by atoms with Gasteiger partial charge in [0.05, 0.1) is 14.2 Å². The Labute approximate surface area is 205 Å². The average Bonchev–Trinajstić information content (AvgIpc) is 2.78. The van der Waals surface area contributed by atoms with E-state index < -0.39 is 0 Å². The lowest BCUT2D eigenvalue weighted by molar-refractivity contribution is 0.124. The summed E-state index contributed by atoms with van der Waals surface area (Å²) in [5.74, 6) is 3.16. The maximum absolute atomic E-state index is 5.49. The predicted octanol–water partition coefficient (Wildman–Crippen LogP) is 2.53. The van der Waals surface area contributed by atoms with Crippen LogP contribution in [0.2, 0.25) is 0 Å². The number of hydrogen-bond acceptors (Lipinski definition) is 5. The molecule has 31 heavy (non-hydrogen) atoms. The van der Waals surface area contributed by atoms with Crippen LogP contribution in [0.25, 0.3) is 0 Å². The third-order valence-corrected chi connectivity index (χ3v) is 6.32. The fourth-order valence-electron chi connectivity index (χ4n) is 4.46. The van der Waals surface area contributed by atoms with Crippen molar-refractivity contribution in [3.8, 4) is 11.5 Å². The highest BCUT2D eigenvalue weighted by Gasteiger charge is 2.22. The Hall–Kier alpha value is -1.26. The quantitative estimate of drug-likeness (QED) is 0.323. The van der Waals surface area contributed by atoms with Gasteiger partial charge in [-0.2, -0.15) is 0 Å². The van der Waals surface area contributed by atoms with Crippen LogP contribution in [0.15, 0.2) is 17.1 Å². The number of ether oxygens (including phenoxy) is 2. The van der Waals surface area contributed by atoms with Crippen molar-refractivity contribution < 1.29 is 9.47 Å². The molecule has 1 unspecified atom stereocenters. The molecule has 0 aromatic heterocycles. The van der Waals surface area contributed by atoms with E-state index in [0.29, 0.717) is 5.92 Å². The first-order valence-corrected chi connectivity index (χ1v) is 11.2. The second-order valence-electron chi connectivity index (χ2n) is 8.42. The van der Waals surface area contributed by atoms with Gasteiger partial charge in [0.2, 0.25) is 0 Å². The molecule has 1 atom stereocenters. The zero-order chi connectivity index (χ0) is 21.5. The number of nitrogens with zero attached hydrogens (tertiary/aromatic N) is 4. The van der Waals surface area contributed by atoms with E-state index in [-0.39, 0.29) is 24.0 Å². The third-order valence-electron chi connectivity index (χ3n) is 6.32. The molecule has 0 amide bonds. The van der Waals surface area contributed by atoms with E-state index in [1.165, 1.54) is 43.9 Å². The molecule has 2 aliphatic rings. The fourth-order valence-corrected chi connectivity index (χ4v) is 4.46. The van der Waals surface area contributed by atoms with Crippen molar-refractivity contribution >= 4 is 29.9 Å². The second kappa shape index (κ2) is 12.7. The Morgan fingerprint density at radius 1 is 1.03 bits per heavy atom. The summed E-state index contributed by atoms with van der Waals surface area (Å²) >= 11 is 0. The summed E-state index contributed by atoms with van der Waals surface area (Å²) in [6, 6.07) is 4.22. The summed E-state index contributed by atoms with van der Waals surface area (Å²) in [4.78, 5) is 12.0. The number of benzene rings is 1. The van der Waals surface area contributed by atoms with Crippen LogP contribution in [0.1, 0.15) is 25.0 Å². The van der Waals surface area contributed by atoms with Gasteiger partial charge in [-0.1, -0.05) is 13.8 Å². The average molecular weight is 546 g/mol. The minimum absolute atomic E-state index is 0. The Kier molecular flexibility index (Phi) is 10.6. The number of likely N-dealkylation sites (N-methyl/N-ethyl adjacent to an activating group) is 1. The van der Waals surface area contributed by atoms with Crippen molar-refractivity contribution in [2.45, 2.75) is 26.8 Å². The molecular weight excluding hydrogens is 505 g/mol. The number of fused-ring (bicyclic) bond motifs is 1. The number of nitrogens with one attached hydrogen (secondary N) is 1. The molecular formula is C23H40IN5O2. The Balaban J connectivity index is 0.00000341. The van der Waals surface area contributed by atoms with Crippen molar-refractivity contribution in [3.63, 3.8) is 0 Å². The molecule has 0 aliphatic carbocycles. The van der Waals surface area contributed by atoms with E-state index in [9.17, 15) is 0 Å². The summed E-state index contributed by atoms with van der Waals surface area (Å²) in [6.07, 6.45) is 0.980. The molecule has 1 aromatic carbocycles. The Morgan fingerprint density at radius 3 is 2.23 bits per heavy atom. The maximum Gasteiger partial charge on any atom is 0.193 e. The number of piperazine rings is 1. The summed E-state index contributed by atoms with van der Waals surface area (Å²) in [6.45, 7) is 14.4. The van der Waals surface area contributed by atoms with Crippen LogP contribution in [-0.2, 0) is 13.0 Å². The molecule has 0 saturated carbocycles. The highest BCUT2D eigenvalue weighted by atomic mass is 127. The van der Waals surface area contributed by atoms with Gasteiger partial charge in [-0.15, -0.1) is 24.0 Å². The van der Waals surface area contributed by atoms with Gasteiger partial charge in [-0.3, -0.25) is 4.99 Å². The minimum Gasteiger partial charge on any atom is -0.493 e. The smallest absolute Gasteiger partial charge is 0.193 e. The normalized spacial score (nSPS) is 18.7. The number of hydrogen-bond donors (Lipinski definition) is 1. The topological polar surface area (TPSA) is 52.6 Å². The van der Waals surface area contributed by atoms with Crippen molar-refractivity contribution in [2.24, 2.45) is 10.9 Å². The Morgan fingerprint density at radius 2 is 1.65 bits per heavy atom. The number of rotatable bonds is 7. The van der Waals surface area contributed by atoms with Gasteiger partial charge in [0, 0.05) is 59.4 Å². The standard InChI is InChI=1S/C23H39N5O2.HI/c1-6-26-9-11-27(12-10-26)16-18(2)15-25-23(24-3)28-8-7-19-13-21(29-4)22(30-5)14-20(19)17-28;/h13-14,18H,6-12,15-17H2,1-5H3,(H,24,25);1H. The number of halogens is 1. The molecule has 2 aliphatic heterocycles. The molecule has 0 bridgehead atoms. The van der Waals surface area contributed by atoms with Crippen molar-refractivity contribution in [2.75, 3.05) is 73.6 Å². The molecule has 0 radical (unpaired) electrons. The van der Waals surface area contributed by atoms with Gasteiger partial charge in [0.1, 0.15) is 0 Å². The molecule has 7 nitrogen and oxygen atoms in total. The monoisotopic (exact) mass is 545 g/mol. The highest BCUT2D eigenvalue weighted by Crippen LogP contribution is 2.33. The summed E-state index contributed by atoms with van der Waals surface area (Å²) < 4.78 is 10.9. The lowest BCUT2D eigenvalue weighted by atomic mass is 9.99. The van der Waals surface area contributed by atoms with E-state index in [1.54, 1.807) is 14.2 Å². The van der Waals surface area contributed by atoms with Gasteiger partial charge < -0.3 is 29.5 Å². The van der Waals surface area contributed by atoms with E-state index in [0.717, 1.165) is 50.1 Å². The molecule has 3 rings (SSSR count). The first kappa shape index (κ1) is 26.0. The molecule has 2 heterocycles. The van der Waals surface area contributed by atoms with Gasteiger partial charge >= 0.3 is 0 Å². The molecule has 8 heteroatoms. The van der Waals surface area contributed by atoms with Gasteiger partial charge in [0.15, 0.2) is 17.5 Å². The molecule has 1 N–H and O–H groups in total. The van der Waals surface area contributed by atoms with Crippen LogP contribution >= 0.6 is 24.0 Å². The highest BCUT2D eigenvalue weighted by molar-refractivity contribution is 14.0. The van der Waals surface area contributed by atoms with Crippen LogP contribution in [0, 0.1) is 5.92 Å². The van der Waals surface area contributed by atoms with E-state index in [1.807, 2.05) is 7.05 Å². The fraction of sp³-hybridized carbons (Fsp3) is 0.696. The first-order valence-electron chi connectivity index (χ1n) is 11.2. The minimum atomic E-state index is 0. The summed E-state index contributed by atoms with van der Waals surface area (Å²) in [5, 5.41) is 3.61. The molecule has 1 saturated heterocycles. The van der Waals surface area contributed by atoms with Crippen molar-refractivity contribution in [1.29, 1.82) is 0 Å². The van der Waals surface area contributed by atoms with E-state index in [2.05, 4.69) is 51.0 Å². The van der Waals surface area contributed by atoms with Crippen LogP contribution in [0.4, 0.5) is 0 Å². The lowest BCUT2D eigenvalue weighted by Gasteiger charge is -2.36. The predicted molar refractivity (Wildman–Crippen MR) is 138 cm³/mol. The molecule has 1 aromatic rings. The lowest BCUT2D eigenvalue weighted by Crippen LogP contribution is -2.49. The Bertz CT molecular complexity index is 722. The number of guanidine groups is 1. The van der Waals surface area contributed by atoms with Crippen LogP contribution in [0.5, 0.6) is 11.5 Å². The SMILES string of the molecule is CCN1CCN(CC(C)CNC(=NC)N2CCc3cc(OC)c(OC)cc3C2)CC1.I. The molecule has 1 fully saturated rings. The van der Waals surface area contributed by atoms with Gasteiger partial charge in [0.25, 0.3) is 0 Å². The molecule has 0 spiro atoms. The van der Waals surface area contributed by atoms with Gasteiger partial charge in [-0.25, -0.2) is 0 Å². The molecule has 176 valence electrons. The summed E-state index contributed by atoms with van der Waals surface area (Å²) in [5.41, 5.74) is 2.61. The van der Waals surface area contributed by atoms with E-state index >= 15 is 0 Å². The first-order chi connectivity index (χ1) is 14.6. The second-order valence-corrected chi connectivity index (χ2v) is 8.42. The zero-order valence-electron chi connectivity index (χ0n) is 19.8. The number of methoxy groups -OCH3 is 2. The zero-order valence-corrected chi connectivity index (χ0v) is 22.1. The maximum atomic E-state index is 5.49. The van der Waals surface area contributed by atoms with Crippen LogP contribution in [0.3, 0.4) is 0 Å². The van der Waals surface area contributed by atoms with E-state index in [4.69, 9.17) is 9.47 Å².